The van der Waals surface area contributed by atoms with E-state index in [1.54, 1.807) is 0 Å². The van der Waals surface area contributed by atoms with Crippen molar-refractivity contribution in [3.8, 4) is 0 Å². The van der Waals surface area contributed by atoms with Gasteiger partial charge in [0.1, 0.15) is 0 Å². The van der Waals surface area contributed by atoms with Crippen LogP contribution in [-0.2, 0) is 10.8 Å². The molecular weight excluding hydrogens is 264 g/mol. The van der Waals surface area contributed by atoms with Crippen molar-refractivity contribution in [1.29, 1.82) is 0 Å². The van der Waals surface area contributed by atoms with Crippen molar-refractivity contribution in [3.05, 3.63) is 47.7 Å². The molecule has 1 rings (SSSR count). The Bertz CT molecular complexity index is 411. The Morgan fingerprint density at radius 1 is 1.00 bits per heavy atom. The highest BCUT2D eigenvalue weighted by molar-refractivity contribution is 6.76. The molecule has 0 aliphatic carbocycles. The van der Waals surface area contributed by atoms with E-state index in [0.29, 0.717) is 0 Å². The lowest BCUT2D eigenvalue weighted by molar-refractivity contribution is 0.408. The maximum Gasteiger partial charge on any atom is 0.241 e. The fourth-order valence-electron chi connectivity index (χ4n) is 1.76. The molecule has 106 valence electrons. The van der Waals surface area contributed by atoms with Crippen LogP contribution in [0.3, 0.4) is 0 Å². The van der Waals surface area contributed by atoms with Gasteiger partial charge in [0.25, 0.3) is 0 Å². The largest absolute Gasteiger partial charge is 0.547 e. The minimum absolute atomic E-state index is 0.926. The molecule has 0 aliphatic rings. The summed E-state index contributed by atoms with van der Waals surface area (Å²) in [5.41, 5.74) is 1.34. The minimum Gasteiger partial charge on any atom is -0.547 e. The van der Waals surface area contributed by atoms with Crippen molar-refractivity contribution in [3.63, 3.8) is 0 Å². The predicted molar refractivity (Wildman–Crippen MR) is 90.8 cm³/mol. The van der Waals surface area contributed by atoms with Crippen LogP contribution in [0.5, 0.6) is 0 Å². The smallest absolute Gasteiger partial charge is 0.241 e. The summed E-state index contributed by atoms with van der Waals surface area (Å²) in [6.07, 6.45) is 3.27. The van der Waals surface area contributed by atoms with E-state index < -0.39 is 16.4 Å². The summed E-state index contributed by atoms with van der Waals surface area (Å²) in [6.45, 7) is 14.0. The summed E-state index contributed by atoms with van der Waals surface area (Å²) in [5.74, 6) is 1.17. The Hall–Kier alpha value is -0.806. The lowest BCUT2D eigenvalue weighted by atomic mass is 10.1. The van der Waals surface area contributed by atoms with Crippen LogP contribution in [0.15, 0.2) is 42.2 Å². The summed E-state index contributed by atoms with van der Waals surface area (Å²) in [4.78, 5) is 0. The highest BCUT2D eigenvalue weighted by Crippen LogP contribution is 2.19. The van der Waals surface area contributed by atoms with Gasteiger partial charge in [0.05, 0.1) is 5.76 Å². The van der Waals surface area contributed by atoms with Crippen LogP contribution in [0.1, 0.15) is 5.56 Å². The zero-order chi connectivity index (χ0) is 14.5. The van der Waals surface area contributed by atoms with Crippen molar-refractivity contribution < 1.29 is 4.43 Å². The Balaban J connectivity index is 2.81. The average Bonchev–Trinajstić information content (AvgIpc) is 2.24. The summed E-state index contributed by atoms with van der Waals surface area (Å²) >= 11 is 0. The first-order valence-corrected chi connectivity index (χ1v) is 14.2. The van der Waals surface area contributed by atoms with E-state index in [1.165, 1.54) is 17.4 Å². The maximum atomic E-state index is 6.26. The van der Waals surface area contributed by atoms with Gasteiger partial charge >= 0.3 is 0 Å². The summed E-state index contributed by atoms with van der Waals surface area (Å²) in [5, 5.41) is 0. The second-order valence-electron chi connectivity index (χ2n) is 7.31. The second-order valence-corrected chi connectivity index (χ2v) is 17.3. The molecule has 0 fully saturated rings. The van der Waals surface area contributed by atoms with Crippen molar-refractivity contribution in [1.82, 2.24) is 0 Å². The Kier molecular flexibility index (Phi) is 5.62. The van der Waals surface area contributed by atoms with Crippen LogP contribution in [0.25, 0.3) is 0 Å². The molecule has 0 heterocycles. The molecule has 0 radical (unpaired) electrons. The normalized spacial score (nSPS) is 13.5. The summed E-state index contributed by atoms with van der Waals surface area (Å²) in [6, 6.07) is 11.8. The highest BCUT2D eigenvalue weighted by atomic mass is 28.4. The third-order valence-electron chi connectivity index (χ3n) is 2.60. The molecule has 0 saturated heterocycles. The molecular formula is C16H28OSi2. The van der Waals surface area contributed by atoms with E-state index in [9.17, 15) is 0 Å². The molecule has 0 saturated carbocycles. The molecule has 1 aromatic carbocycles. The quantitative estimate of drug-likeness (QED) is 0.510. The second kappa shape index (κ2) is 6.57. The Labute approximate surface area is 120 Å². The van der Waals surface area contributed by atoms with E-state index in [0.717, 1.165) is 6.42 Å². The van der Waals surface area contributed by atoms with Gasteiger partial charge in [0, 0.05) is 14.5 Å². The maximum absolute atomic E-state index is 6.26. The molecule has 0 atom stereocenters. The first kappa shape index (κ1) is 16.2. The zero-order valence-corrected chi connectivity index (χ0v) is 15.3. The van der Waals surface area contributed by atoms with Crippen LogP contribution in [-0.4, -0.2) is 16.4 Å². The minimum atomic E-state index is -1.52. The van der Waals surface area contributed by atoms with E-state index in [4.69, 9.17) is 4.43 Å². The summed E-state index contributed by atoms with van der Waals surface area (Å²) in [7, 11) is -2.58. The van der Waals surface area contributed by atoms with Gasteiger partial charge in [-0.2, -0.15) is 0 Å². The molecule has 0 N–H and O–H groups in total. The van der Waals surface area contributed by atoms with E-state index >= 15 is 0 Å². The first-order valence-electron chi connectivity index (χ1n) is 7.08. The van der Waals surface area contributed by atoms with Gasteiger partial charge in [-0.3, -0.25) is 0 Å². The zero-order valence-electron chi connectivity index (χ0n) is 13.3. The lowest BCUT2D eigenvalue weighted by Gasteiger charge is -2.23. The third-order valence-corrected chi connectivity index (χ3v) is 4.90. The topological polar surface area (TPSA) is 9.23 Å². The van der Waals surface area contributed by atoms with Crippen molar-refractivity contribution in [2.75, 3.05) is 0 Å². The lowest BCUT2D eigenvalue weighted by Crippen LogP contribution is -2.26. The molecule has 0 spiro atoms. The fourth-order valence-corrected chi connectivity index (χ4v) is 3.54. The molecule has 1 aromatic rings. The SMILES string of the molecule is C[Si](C)(C)CC=C(Cc1ccccc1)O[Si](C)(C)C. The molecule has 0 aliphatic heterocycles. The standard InChI is InChI=1S/C16H28OSi2/c1-18(2,3)13-12-16(17-19(4,5)6)14-15-10-8-7-9-11-15/h7-12H,13-14H2,1-6H3. The van der Waals surface area contributed by atoms with Gasteiger partial charge in [-0.1, -0.05) is 56.0 Å². The Morgan fingerprint density at radius 2 is 1.58 bits per heavy atom. The molecule has 19 heavy (non-hydrogen) atoms. The predicted octanol–water partition coefficient (Wildman–Crippen LogP) is 5.30. The highest BCUT2D eigenvalue weighted by Gasteiger charge is 2.19. The van der Waals surface area contributed by atoms with Crippen LogP contribution in [0.2, 0.25) is 45.3 Å². The van der Waals surface area contributed by atoms with Gasteiger partial charge in [-0.05, 0) is 31.2 Å². The number of rotatable bonds is 6. The van der Waals surface area contributed by atoms with Gasteiger partial charge in [-0.25, -0.2) is 0 Å². The first-order chi connectivity index (χ1) is 8.66. The van der Waals surface area contributed by atoms with Gasteiger partial charge in [0.15, 0.2) is 0 Å². The van der Waals surface area contributed by atoms with Crippen LogP contribution in [0.4, 0.5) is 0 Å². The van der Waals surface area contributed by atoms with Crippen molar-refractivity contribution in [2.45, 2.75) is 51.7 Å². The van der Waals surface area contributed by atoms with Crippen LogP contribution in [0, 0.1) is 0 Å². The van der Waals surface area contributed by atoms with Gasteiger partial charge in [-0.15, -0.1) is 0 Å². The van der Waals surface area contributed by atoms with Crippen LogP contribution < -0.4 is 0 Å². The number of benzene rings is 1. The van der Waals surface area contributed by atoms with Gasteiger partial charge < -0.3 is 4.43 Å². The summed E-state index contributed by atoms with van der Waals surface area (Å²) < 4.78 is 6.26. The van der Waals surface area contributed by atoms with Gasteiger partial charge in [0.2, 0.25) is 8.32 Å². The number of hydrogen-bond donors (Lipinski definition) is 0. The fraction of sp³-hybridized carbons (Fsp3) is 0.500. The molecule has 0 bridgehead atoms. The molecule has 3 heteroatoms. The van der Waals surface area contributed by atoms with Crippen LogP contribution >= 0.6 is 0 Å². The van der Waals surface area contributed by atoms with Crippen molar-refractivity contribution in [2.24, 2.45) is 0 Å². The van der Waals surface area contributed by atoms with Crippen molar-refractivity contribution >= 4 is 16.4 Å². The van der Waals surface area contributed by atoms with E-state index in [1.807, 2.05) is 0 Å². The average molecular weight is 293 g/mol. The molecule has 0 aromatic heterocycles. The Morgan fingerprint density at radius 3 is 2.05 bits per heavy atom. The molecule has 0 unspecified atom stereocenters. The third kappa shape index (κ3) is 8.06. The molecule has 1 nitrogen and oxygen atoms in total. The number of allylic oxidation sites excluding steroid dienone is 2. The van der Waals surface area contributed by atoms with E-state index in [2.05, 4.69) is 75.7 Å². The number of hydrogen-bond acceptors (Lipinski definition) is 1. The van der Waals surface area contributed by atoms with E-state index in [-0.39, 0.29) is 0 Å². The monoisotopic (exact) mass is 292 g/mol. The molecule has 0 amide bonds.